The lowest BCUT2D eigenvalue weighted by molar-refractivity contribution is -0.128. The van der Waals surface area contributed by atoms with Crippen LogP contribution in [0.5, 0.6) is 11.5 Å². The number of para-hydroxylation sites is 2. The number of hydrogen-bond acceptors (Lipinski definition) is 7. The number of nitrogens with one attached hydrogen (secondary N) is 1. The Morgan fingerprint density at radius 2 is 1.58 bits per heavy atom. The molecule has 2 atom stereocenters. The standard InChI is InChI=1S/C25H26N2O7S2/c1-17(18-8-12-20(13-9-18)35(3,29)30)26-25(28)24-16-27(22-6-4-5-7-23(22)34-24)36(31,32)21-14-10-19(33-2)11-15-21/h4-15,17,24H,16H2,1-3H3,(H,26,28)/t17-,24+/m1/s1. The fourth-order valence-corrected chi connectivity index (χ4v) is 5.94. The van der Waals surface area contributed by atoms with Crippen LogP contribution in [0.25, 0.3) is 0 Å². The molecule has 190 valence electrons. The molecule has 1 aliphatic rings. The Morgan fingerprint density at radius 1 is 0.972 bits per heavy atom. The number of ether oxygens (including phenoxy) is 2. The van der Waals surface area contributed by atoms with Gasteiger partial charge in [-0.05, 0) is 61.0 Å². The van der Waals surface area contributed by atoms with Gasteiger partial charge in [0.2, 0.25) is 0 Å². The Morgan fingerprint density at radius 3 is 2.19 bits per heavy atom. The van der Waals surface area contributed by atoms with E-state index < -0.39 is 37.9 Å². The fraction of sp³-hybridized carbons (Fsp3) is 0.240. The smallest absolute Gasteiger partial charge is 0.264 e. The zero-order valence-corrected chi connectivity index (χ0v) is 21.5. The summed E-state index contributed by atoms with van der Waals surface area (Å²) in [5, 5.41) is 2.83. The molecule has 1 heterocycles. The molecule has 0 fully saturated rings. The predicted molar refractivity (Wildman–Crippen MR) is 134 cm³/mol. The van der Waals surface area contributed by atoms with Crippen LogP contribution in [-0.2, 0) is 24.7 Å². The first kappa shape index (κ1) is 25.5. The summed E-state index contributed by atoms with van der Waals surface area (Å²) < 4.78 is 62.6. The van der Waals surface area contributed by atoms with Gasteiger partial charge in [0.1, 0.15) is 11.5 Å². The molecule has 0 unspecified atom stereocenters. The van der Waals surface area contributed by atoms with Crippen molar-refractivity contribution in [1.82, 2.24) is 5.32 Å². The molecule has 0 aromatic heterocycles. The third-order valence-corrected chi connectivity index (χ3v) is 8.76. The van der Waals surface area contributed by atoms with Crippen molar-refractivity contribution >= 4 is 31.5 Å². The molecule has 1 aliphatic heterocycles. The number of hydrogen-bond donors (Lipinski definition) is 1. The number of sulfonamides is 1. The van der Waals surface area contributed by atoms with Gasteiger partial charge in [-0.25, -0.2) is 16.8 Å². The van der Waals surface area contributed by atoms with Crippen molar-refractivity contribution in [1.29, 1.82) is 0 Å². The number of carbonyl (C=O) groups excluding carboxylic acids is 1. The first-order valence-corrected chi connectivity index (χ1v) is 14.4. The van der Waals surface area contributed by atoms with Crippen LogP contribution in [0.15, 0.2) is 82.6 Å². The Balaban J connectivity index is 1.57. The average molecular weight is 531 g/mol. The lowest BCUT2D eigenvalue weighted by atomic mass is 10.1. The zero-order chi connectivity index (χ0) is 26.1. The van der Waals surface area contributed by atoms with Crippen LogP contribution >= 0.6 is 0 Å². The molecule has 0 bridgehead atoms. The minimum absolute atomic E-state index is 0.0542. The number of anilines is 1. The van der Waals surface area contributed by atoms with E-state index in [1.54, 1.807) is 55.5 Å². The van der Waals surface area contributed by atoms with Gasteiger partial charge in [-0.1, -0.05) is 24.3 Å². The summed E-state index contributed by atoms with van der Waals surface area (Å²) in [6, 6.07) is 18.4. The molecule has 0 spiro atoms. The van der Waals surface area contributed by atoms with Gasteiger partial charge in [0.05, 0.1) is 35.2 Å². The highest BCUT2D eigenvalue weighted by Gasteiger charge is 2.37. The summed E-state index contributed by atoms with van der Waals surface area (Å²) in [5.74, 6) is 0.289. The van der Waals surface area contributed by atoms with E-state index in [-0.39, 0.29) is 22.1 Å². The van der Waals surface area contributed by atoms with Gasteiger partial charge in [-0.15, -0.1) is 0 Å². The first-order valence-electron chi connectivity index (χ1n) is 11.0. The van der Waals surface area contributed by atoms with Gasteiger partial charge in [0, 0.05) is 6.26 Å². The molecular formula is C25H26N2O7S2. The van der Waals surface area contributed by atoms with Crippen molar-refractivity contribution in [3.63, 3.8) is 0 Å². The van der Waals surface area contributed by atoms with Crippen molar-refractivity contribution < 1.29 is 31.1 Å². The van der Waals surface area contributed by atoms with Crippen LogP contribution in [-0.4, -0.2) is 48.8 Å². The SMILES string of the molecule is COc1ccc(S(=O)(=O)N2C[C@@H](C(=O)N[C@H](C)c3ccc(S(C)(=O)=O)cc3)Oc3ccccc32)cc1. The van der Waals surface area contributed by atoms with E-state index in [0.717, 1.165) is 6.26 Å². The monoisotopic (exact) mass is 530 g/mol. The quantitative estimate of drug-likeness (QED) is 0.499. The minimum Gasteiger partial charge on any atom is -0.497 e. The summed E-state index contributed by atoms with van der Waals surface area (Å²) in [5.41, 5.74) is 1.02. The molecule has 0 aliphatic carbocycles. The number of sulfone groups is 1. The summed E-state index contributed by atoms with van der Waals surface area (Å²) in [7, 11) is -5.85. The molecule has 0 saturated heterocycles. The van der Waals surface area contributed by atoms with Gasteiger partial charge >= 0.3 is 0 Å². The number of carbonyl (C=O) groups is 1. The van der Waals surface area contributed by atoms with Gasteiger partial charge < -0.3 is 14.8 Å². The molecule has 36 heavy (non-hydrogen) atoms. The van der Waals surface area contributed by atoms with E-state index in [0.29, 0.717) is 17.0 Å². The third kappa shape index (κ3) is 5.17. The second kappa shape index (κ2) is 9.82. The Hall–Kier alpha value is -3.57. The van der Waals surface area contributed by atoms with E-state index in [4.69, 9.17) is 9.47 Å². The average Bonchev–Trinajstić information content (AvgIpc) is 2.87. The molecule has 3 aromatic carbocycles. The van der Waals surface area contributed by atoms with Gasteiger partial charge in [-0.3, -0.25) is 9.10 Å². The number of fused-ring (bicyclic) bond motifs is 1. The predicted octanol–water partition coefficient (Wildman–Crippen LogP) is 2.93. The highest BCUT2D eigenvalue weighted by Crippen LogP contribution is 2.37. The van der Waals surface area contributed by atoms with Gasteiger partial charge in [0.15, 0.2) is 15.9 Å². The van der Waals surface area contributed by atoms with Crippen molar-refractivity contribution in [2.75, 3.05) is 24.2 Å². The number of methoxy groups -OCH3 is 1. The van der Waals surface area contributed by atoms with Crippen molar-refractivity contribution in [2.24, 2.45) is 0 Å². The van der Waals surface area contributed by atoms with Crippen LogP contribution in [0.3, 0.4) is 0 Å². The highest BCUT2D eigenvalue weighted by atomic mass is 32.2. The van der Waals surface area contributed by atoms with E-state index in [1.165, 1.54) is 35.7 Å². The van der Waals surface area contributed by atoms with Crippen LogP contribution in [0, 0.1) is 0 Å². The Labute approximate surface area is 210 Å². The Bertz CT molecular complexity index is 1470. The highest BCUT2D eigenvalue weighted by molar-refractivity contribution is 7.92. The van der Waals surface area contributed by atoms with E-state index in [1.807, 2.05) is 0 Å². The maximum atomic E-state index is 13.5. The van der Waals surface area contributed by atoms with Crippen molar-refractivity contribution in [3.05, 3.63) is 78.4 Å². The molecule has 1 N–H and O–H groups in total. The van der Waals surface area contributed by atoms with Gasteiger partial charge in [0.25, 0.3) is 15.9 Å². The molecular weight excluding hydrogens is 504 g/mol. The largest absolute Gasteiger partial charge is 0.497 e. The molecule has 0 saturated carbocycles. The topological polar surface area (TPSA) is 119 Å². The van der Waals surface area contributed by atoms with Crippen molar-refractivity contribution in [2.45, 2.75) is 28.9 Å². The summed E-state index contributed by atoms with van der Waals surface area (Å²) in [6.07, 6.45) is 0.0164. The lowest BCUT2D eigenvalue weighted by Gasteiger charge is -2.35. The summed E-state index contributed by atoms with van der Waals surface area (Å²) >= 11 is 0. The minimum atomic E-state index is -4.01. The number of rotatable bonds is 7. The lowest BCUT2D eigenvalue weighted by Crippen LogP contribution is -2.51. The second-order valence-electron chi connectivity index (χ2n) is 8.36. The molecule has 9 nitrogen and oxygen atoms in total. The number of benzene rings is 3. The summed E-state index contributed by atoms with van der Waals surface area (Å²) in [6.45, 7) is 1.52. The van der Waals surface area contributed by atoms with E-state index in [2.05, 4.69) is 5.32 Å². The number of amides is 1. The van der Waals surface area contributed by atoms with Crippen LogP contribution < -0.4 is 19.1 Å². The molecule has 4 rings (SSSR count). The molecule has 1 amide bonds. The van der Waals surface area contributed by atoms with E-state index in [9.17, 15) is 21.6 Å². The first-order chi connectivity index (χ1) is 17.0. The maximum absolute atomic E-state index is 13.5. The maximum Gasteiger partial charge on any atom is 0.264 e. The van der Waals surface area contributed by atoms with Crippen LogP contribution in [0.1, 0.15) is 18.5 Å². The van der Waals surface area contributed by atoms with E-state index >= 15 is 0 Å². The van der Waals surface area contributed by atoms with Crippen LogP contribution in [0.4, 0.5) is 5.69 Å². The van der Waals surface area contributed by atoms with Gasteiger partial charge in [-0.2, -0.15) is 0 Å². The molecule has 3 aromatic rings. The third-order valence-electron chi connectivity index (χ3n) is 5.84. The Kier molecular flexibility index (Phi) is 6.96. The fourth-order valence-electron chi connectivity index (χ4n) is 3.83. The molecule has 11 heteroatoms. The molecule has 0 radical (unpaired) electrons. The second-order valence-corrected chi connectivity index (χ2v) is 12.2. The van der Waals surface area contributed by atoms with Crippen LogP contribution in [0.2, 0.25) is 0 Å². The van der Waals surface area contributed by atoms with Crippen molar-refractivity contribution in [3.8, 4) is 11.5 Å². The summed E-state index contributed by atoms with van der Waals surface area (Å²) in [4.78, 5) is 13.4. The normalized spacial score (nSPS) is 16.4. The number of nitrogens with zero attached hydrogens (tertiary/aromatic N) is 1. The zero-order valence-electron chi connectivity index (χ0n) is 19.9.